The number of halogens is 1. The number of ether oxygens (including phenoxy) is 1. The van der Waals surface area contributed by atoms with Crippen molar-refractivity contribution in [2.45, 2.75) is 51.2 Å². The Morgan fingerprint density at radius 2 is 1.84 bits per heavy atom. The van der Waals surface area contributed by atoms with Gasteiger partial charge in [-0.3, -0.25) is 0 Å². The summed E-state index contributed by atoms with van der Waals surface area (Å²) in [4.78, 5) is 0. The molecular weight excluding hydrogens is 260 g/mol. The molecule has 1 saturated carbocycles. The van der Waals surface area contributed by atoms with E-state index in [0.29, 0.717) is 10.4 Å². The van der Waals surface area contributed by atoms with Gasteiger partial charge >= 0.3 is 0 Å². The molecule has 106 valence electrons. The van der Waals surface area contributed by atoms with Gasteiger partial charge in [-0.25, -0.2) is 0 Å². The summed E-state index contributed by atoms with van der Waals surface area (Å²) < 4.78 is 5.74. The van der Waals surface area contributed by atoms with Crippen LogP contribution in [0.1, 0.15) is 51.2 Å². The molecule has 1 aliphatic rings. The summed E-state index contributed by atoms with van der Waals surface area (Å²) >= 11 is 6.01. The average Bonchev–Trinajstić information content (AvgIpc) is 2.39. The van der Waals surface area contributed by atoms with E-state index >= 15 is 0 Å². The van der Waals surface area contributed by atoms with E-state index in [2.05, 4.69) is 13.8 Å². The summed E-state index contributed by atoms with van der Waals surface area (Å²) in [6, 6.07) is 7.43. The summed E-state index contributed by atoms with van der Waals surface area (Å²) in [7, 11) is 1.70. The molecule has 3 heteroatoms. The van der Waals surface area contributed by atoms with Crippen molar-refractivity contribution in [1.29, 1.82) is 0 Å². The highest BCUT2D eigenvalue weighted by Gasteiger charge is 2.44. The van der Waals surface area contributed by atoms with Gasteiger partial charge in [0, 0.05) is 12.1 Å². The van der Waals surface area contributed by atoms with Gasteiger partial charge in [0.1, 0.15) is 6.10 Å². The first-order valence-electron chi connectivity index (χ1n) is 6.87. The zero-order chi connectivity index (χ0) is 14.1. The van der Waals surface area contributed by atoms with Crippen LogP contribution < -0.4 is 0 Å². The van der Waals surface area contributed by atoms with Crippen molar-refractivity contribution in [3.05, 3.63) is 34.9 Å². The topological polar surface area (TPSA) is 29.5 Å². The van der Waals surface area contributed by atoms with E-state index in [0.717, 1.165) is 31.2 Å². The van der Waals surface area contributed by atoms with Crippen LogP contribution in [-0.2, 0) is 4.74 Å². The molecule has 1 N–H and O–H groups in total. The summed E-state index contributed by atoms with van der Waals surface area (Å²) in [5.74, 6) is 0. The van der Waals surface area contributed by atoms with Gasteiger partial charge in [-0.15, -0.1) is 0 Å². The minimum Gasteiger partial charge on any atom is -0.385 e. The van der Waals surface area contributed by atoms with Crippen molar-refractivity contribution in [2.24, 2.45) is 5.41 Å². The van der Waals surface area contributed by atoms with E-state index in [-0.39, 0.29) is 0 Å². The molecule has 0 aromatic heterocycles. The summed E-state index contributed by atoms with van der Waals surface area (Å²) in [5.41, 5.74) is 0.713. The van der Waals surface area contributed by atoms with Gasteiger partial charge < -0.3 is 9.84 Å². The van der Waals surface area contributed by atoms with Crippen LogP contribution in [0.5, 0.6) is 0 Å². The maximum Gasteiger partial charge on any atom is 0.108 e. The van der Waals surface area contributed by atoms with Gasteiger partial charge in [-0.2, -0.15) is 0 Å². The highest BCUT2D eigenvalue weighted by atomic mass is 35.5. The maximum absolute atomic E-state index is 10.7. The molecule has 0 aliphatic heterocycles. The molecular formula is C16H23ClO2. The van der Waals surface area contributed by atoms with Crippen LogP contribution in [0, 0.1) is 5.41 Å². The van der Waals surface area contributed by atoms with Gasteiger partial charge in [-0.05, 0) is 48.8 Å². The smallest absolute Gasteiger partial charge is 0.108 e. The molecule has 1 aromatic carbocycles. The Bertz CT molecular complexity index is 432. The van der Waals surface area contributed by atoms with E-state index in [1.165, 1.54) is 0 Å². The molecule has 1 atom stereocenters. The first kappa shape index (κ1) is 14.8. The second-order valence-electron chi connectivity index (χ2n) is 6.39. The standard InChI is InChI=1S/C16H23ClO2/c1-15(2)7-9-16(19-3,10-8-15)14(18)12-5-4-6-13(17)11-12/h4-6,11,14,18H,7-10H2,1-3H3. The molecule has 1 aliphatic carbocycles. The lowest BCUT2D eigenvalue weighted by atomic mass is 9.68. The highest BCUT2D eigenvalue weighted by molar-refractivity contribution is 6.30. The molecule has 19 heavy (non-hydrogen) atoms. The maximum atomic E-state index is 10.7. The second kappa shape index (κ2) is 5.43. The summed E-state index contributed by atoms with van der Waals surface area (Å²) in [5, 5.41) is 11.4. The van der Waals surface area contributed by atoms with E-state index in [9.17, 15) is 5.11 Å². The number of hydrogen-bond acceptors (Lipinski definition) is 2. The van der Waals surface area contributed by atoms with E-state index in [4.69, 9.17) is 16.3 Å². The molecule has 0 radical (unpaired) electrons. The van der Waals surface area contributed by atoms with Crippen LogP contribution in [0.4, 0.5) is 0 Å². The lowest BCUT2D eigenvalue weighted by Gasteiger charge is -2.45. The lowest BCUT2D eigenvalue weighted by Crippen LogP contribution is -2.43. The van der Waals surface area contributed by atoms with E-state index < -0.39 is 11.7 Å². The zero-order valence-electron chi connectivity index (χ0n) is 11.9. The molecule has 1 unspecified atom stereocenters. The Morgan fingerprint density at radius 1 is 1.21 bits per heavy atom. The van der Waals surface area contributed by atoms with E-state index in [1.807, 2.05) is 24.3 Å². The first-order chi connectivity index (χ1) is 8.88. The summed E-state index contributed by atoms with van der Waals surface area (Å²) in [6.45, 7) is 4.55. The van der Waals surface area contributed by atoms with Crippen LogP contribution in [0.2, 0.25) is 5.02 Å². The first-order valence-corrected chi connectivity index (χ1v) is 7.25. The molecule has 0 saturated heterocycles. The zero-order valence-corrected chi connectivity index (χ0v) is 12.7. The van der Waals surface area contributed by atoms with Crippen LogP contribution in [0.25, 0.3) is 0 Å². The predicted octanol–water partition coefficient (Wildman–Crippen LogP) is 4.36. The number of benzene rings is 1. The van der Waals surface area contributed by atoms with Gasteiger partial charge in [-0.1, -0.05) is 37.6 Å². The Morgan fingerprint density at radius 3 is 2.37 bits per heavy atom. The minimum atomic E-state index is -0.618. The van der Waals surface area contributed by atoms with Crippen molar-refractivity contribution in [1.82, 2.24) is 0 Å². The van der Waals surface area contributed by atoms with Crippen molar-refractivity contribution >= 4 is 11.6 Å². The SMILES string of the molecule is COC1(C(O)c2cccc(Cl)c2)CCC(C)(C)CC1. The Hall–Kier alpha value is -0.570. The third kappa shape index (κ3) is 3.13. The average molecular weight is 283 g/mol. The Balaban J connectivity index is 2.22. The summed E-state index contributed by atoms with van der Waals surface area (Å²) in [6.07, 6.45) is 3.28. The molecule has 0 bridgehead atoms. The minimum absolute atomic E-state index is 0.343. The number of hydrogen-bond donors (Lipinski definition) is 1. The number of aliphatic hydroxyl groups excluding tert-OH is 1. The Labute approximate surface area is 120 Å². The van der Waals surface area contributed by atoms with Crippen molar-refractivity contribution in [3.63, 3.8) is 0 Å². The Kier molecular flexibility index (Phi) is 4.24. The van der Waals surface area contributed by atoms with Gasteiger partial charge in [0.2, 0.25) is 0 Å². The fourth-order valence-electron chi connectivity index (χ4n) is 2.92. The van der Waals surface area contributed by atoms with Crippen LogP contribution >= 0.6 is 11.6 Å². The van der Waals surface area contributed by atoms with Gasteiger partial charge in [0.15, 0.2) is 0 Å². The normalized spacial score (nSPS) is 23.0. The van der Waals surface area contributed by atoms with Crippen molar-refractivity contribution in [2.75, 3.05) is 7.11 Å². The predicted molar refractivity (Wildman–Crippen MR) is 78.4 cm³/mol. The fraction of sp³-hybridized carbons (Fsp3) is 0.625. The molecule has 1 aromatic rings. The molecule has 2 rings (SSSR count). The molecule has 0 amide bonds. The molecule has 2 nitrogen and oxygen atoms in total. The quantitative estimate of drug-likeness (QED) is 0.893. The van der Waals surface area contributed by atoms with E-state index in [1.54, 1.807) is 7.11 Å². The lowest BCUT2D eigenvalue weighted by molar-refractivity contribution is -0.138. The number of rotatable bonds is 3. The number of aliphatic hydroxyl groups is 1. The molecule has 0 spiro atoms. The van der Waals surface area contributed by atoms with Crippen LogP contribution in [0.15, 0.2) is 24.3 Å². The van der Waals surface area contributed by atoms with Crippen LogP contribution in [-0.4, -0.2) is 17.8 Å². The van der Waals surface area contributed by atoms with Crippen molar-refractivity contribution < 1.29 is 9.84 Å². The van der Waals surface area contributed by atoms with Gasteiger partial charge in [0.25, 0.3) is 0 Å². The molecule has 0 heterocycles. The fourth-order valence-corrected chi connectivity index (χ4v) is 3.12. The third-order valence-corrected chi connectivity index (χ3v) is 4.75. The second-order valence-corrected chi connectivity index (χ2v) is 6.83. The third-order valence-electron chi connectivity index (χ3n) is 4.52. The monoisotopic (exact) mass is 282 g/mol. The molecule has 1 fully saturated rings. The van der Waals surface area contributed by atoms with Crippen molar-refractivity contribution in [3.8, 4) is 0 Å². The highest BCUT2D eigenvalue weighted by Crippen LogP contribution is 2.47. The largest absolute Gasteiger partial charge is 0.385 e. The van der Waals surface area contributed by atoms with Gasteiger partial charge in [0.05, 0.1) is 5.60 Å². The number of methoxy groups -OCH3 is 1. The van der Waals surface area contributed by atoms with Crippen LogP contribution in [0.3, 0.4) is 0 Å².